The van der Waals surface area contributed by atoms with E-state index in [-0.39, 0.29) is 68.9 Å². The van der Waals surface area contributed by atoms with Gasteiger partial charge in [-0.3, -0.25) is 0 Å². The summed E-state index contributed by atoms with van der Waals surface area (Å²) in [7, 11) is 0. The predicted molar refractivity (Wildman–Crippen MR) is 609 cm³/mol. The van der Waals surface area contributed by atoms with E-state index in [0.29, 0.717) is 0 Å². The van der Waals surface area contributed by atoms with Crippen molar-refractivity contribution in [1.82, 2.24) is 0 Å². The van der Waals surface area contributed by atoms with Crippen LogP contribution >= 0.6 is 0 Å². The Kier molecular flexibility index (Phi) is 21.5. The molecule has 6 aliphatic rings. The highest BCUT2D eigenvalue weighted by Gasteiger charge is 2.51. The second-order valence-electron chi connectivity index (χ2n) is 51.3. The number of hydrogen-bond donors (Lipinski definition) is 0. The second-order valence-corrected chi connectivity index (χ2v) is 51.3. The van der Waals surface area contributed by atoms with Gasteiger partial charge in [0.05, 0.1) is 0 Å². The Labute approximate surface area is 838 Å². The molecule has 6 heterocycles. The van der Waals surface area contributed by atoms with Crippen LogP contribution in [0.15, 0.2) is 291 Å². The number of hydrogen-bond acceptors (Lipinski definition) is 6. The van der Waals surface area contributed by atoms with Crippen LogP contribution in [-0.2, 0) is 54.1 Å². The Bertz CT molecular complexity index is 6760. The van der Waals surface area contributed by atoms with Crippen molar-refractivity contribution in [1.29, 1.82) is 0 Å². The highest BCUT2D eigenvalue weighted by Crippen LogP contribution is 2.54. The van der Waals surface area contributed by atoms with Crippen molar-refractivity contribution in [3.63, 3.8) is 0 Å². The summed E-state index contributed by atoms with van der Waals surface area (Å²) in [4.78, 5) is 15.8. The van der Waals surface area contributed by atoms with E-state index >= 15 is 0 Å². The summed E-state index contributed by atoms with van der Waals surface area (Å²) < 4.78 is 0. The van der Waals surface area contributed by atoms with Gasteiger partial charge in [0.15, 0.2) is 0 Å². The van der Waals surface area contributed by atoms with Gasteiger partial charge in [0, 0.05) is 108 Å². The summed E-state index contributed by atoms with van der Waals surface area (Å²) in [5.41, 5.74) is 50.1. The quantitative estimate of drug-likeness (QED) is 0.105. The topological polar surface area (TPSA) is 19.4 Å². The molecule has 0 aliphatic carbocycles. The lowest BCUT2D eigenvalue weighted by molar-refractivity contribution is 0.590. The third-order valence-corrected chi connectivity index (χ3v) is 31.9. The number of fused-ring (bicyclic) bond motifs is 12. The second kappa shape index (κ2) is 32.2. The maximum Gasteiger partial charge on any atom is 0.252 e. The number of benzene rings is 15. The molecule has 0 radical (unpaired) electrons. The predicted octanol–water partition coefficient (Wildman–Crippen LogP) is 29.9. The van der Waals surface area contributed by atoms with Crippen LogP contribution in [0.4, 0.5) is 102 Å². The number of rotatable bonds is 9. The van der Waals surface area contributed by atoms with Crippen LogP contribution in [0.3, 0.4) is 0 Å². The minimum atomic E-state index is -0.928. The number of nitrogens with zero attached hydrogens (tertiary/aromatic N) is 6. The van der Waals surface area contributed by atoms with Crippen LogP contribution in [0.1, 0.15) is 277 Å². The Hall–Kier alpha value is -12.7. The Morgan fingerprint density at radius 2 is 0.271 bits per heavy atom. The van der Waals surface area contributed by atoms with E-state index in [1.807, 2.05) is 0 Å². The zero-order valence-electron chi connectivity index (χ0n) is 89.1. The van der Waals surface area contributed by atoms with E-state index in [1.165, 1.54) is 201 Å². The molecule has 0 saturated carbocycles. The monoisotopic (exact) mass is 1830 g/mol. The molecule has 0 aromatic heterocycles. The summed E-state index contributed by atoms with van der Waals surface area (Å²) in [6.45, 7) is 72.4. The largest absolute Gasteiger partial charge is 0.311 e. The van der Waals surface area contributed by atoms with Gasteiger partial charge in [-0.15, -0.1) is 0 Å². The van der Waals surface area contributed by atoms with Crippen LogP contribution in [0.2, 0.25) is 0 Å². The zero-order valence-corrected chi connectivity index (χ0v) is 89.1. The minimum Gasteiger partial charge on any atom is -0.311 e. The van der Waals surface area contributed by atoms with Gasteiger partial charge < -0.3 is 29.4 Å². The first-order chi connectivity index (χ1) is 65.7. The summed E-state index contributed by atoms with van der Waals surface area (Å²) in [5.74, 6) is 0. The average Bonchev–Trinajstić information content (AvgIpc) is 0.694. The molecule has 0 N–H and O–H groups in total. The van der Waals surface area contributed by atoms with E-state index in [4.69, 9.17) is 0 Å². The smallest absolute Gasteiger partial charge is 0.252 e. The molecule has 15 aromatic rings. The van der Waals surface area contributed by atoms with Gasteiger partial charge >= 0.3 is 0 Å². The van der Waals surface area contributed by atoms with Gasteiger partial charge in [0.25, 0.3) is 20.1 Å². The maximum atomic E-state index is 2.73. The molecule has 0 spiro atoms. The first-order valence-electron chi connectivity index (χ1n) is 51.4. The fraction of sp³-hybridized carbons (Fsp3) is 0.313. The van der Waals surface area contributed by atoms with Crippen molar-refractivity contribution in [2.45, 2.75) is 269 Å². The molecular formula is C131H141B3N6. The third kappa shape index (κ3) is 15.5. The normalized spacial score (nSPS) is 14.6. The Morgan fingerprint density at radius 3 is 0.414 bits per heavy atom. The molecule has 15 aromatic carbocycles. The van der Waals surface area contributed by atoms with Gasteiger partial charge in [-0.25, -0.2) is 0 Å². The molecule has 21 rings (SSSR count). The van der Waals surface area contributed by atoms with Crippen LogP contribution < -0.4 is 78.6 Å². The van der Waals surface area contributed by atoms with Crippen LogP contribution in [0.25, 0.3) is 0 Å². The molecule has 704 valence electrons. The molecule has 6 aliphatic heterocycles. The number of anilines is 18. The van der Waals surface area contributed by atoms with Crippen molar-refractivity contribution >= 4 is 172 Å². The van der Waals surface area contributed by atoms with E-state index in [9.17, 15) is 0 Å². The van der Waals surface area contributed by atoms with Gasteiger partial charge in [0.1, 0.15) is 0 Å². The zero-order chi connectivity index (χ0) is 99.4. The molecular weight excluding hydrogens is 1690 g/mol. The summed E-state index contributed by atoms with van der Waals surface area (Å²) in [6, 6.07) is 118. The highest BCUT2D eigenvalue weighted by molar-refractivity contribution is 7.02. The summed E-state index contributed by atoms with van der Waals surface area (Å²) in [6.07, 6.45) is 0. The molecule has 0 amide bonds. The van der Waals surface area contributed by atoms with Crippen molar-refractivity contribution in [3.8, 4) is 0 Å². The SMILES string of the molecule is Cc1cc2c3c(c1)N(c1ccc(C(C)(C)C)cc1)c1ccc(C(C)(c4ccc5c(c4)B4c6cc(C(C)(C)C)ccc6N(c6ccc(C(C)(C)C)cc6)c6cc(C)cc(c64)N5c4ccc(C(C)(C)C)cc4)c4ccc5c(c4)B4c6cc(C(C)(C)C)ccc6N(c6ccc(C(C)(C)C)cc6)c6cc(C)cc(c64)N5c4ccc(C(C)(C)C)cc4)cc1B3c1cc(C(C)(C)C)ccc1N2c1ccc(C(C)(C)C)cc1. The molecule has 0 fully saturated rings. The summed E-state index contributed by atoms with van der Waals surface area (Å²) >= 11 is 0. The molecule has 6 nitrogen and oxygen atoms in total. The van der Waals surface area contributed by atoms with Crippen molar-refractivity contribution in [3.05, 3.63) is 375 Å². The van der Waals surface area contributed by atoms with Gasteiger partial charge in [-0.1, -0.05) is 333 Å². The Balaban J connectivity index is 0.891. The van der Waals surface area contributed by atoms with Crippen LogP contribution in [0, 0.1) is 20.8 Å². The third-order valence-electron chi connectivity index (χ3n) is 31.9. The average molecular weight is 1830 g/mol. The lowest BCUT2D eigenvalue weighted by Crippen LogP contribution is -2.62. The molecule has 0 bridgehead atoms. The van der Waals surface area contributed by atoms with Crippen molar-refractivity contribution in [2.24, 2.45) is 0 Å². The minimum absolute atomic E-state index is 0.0378. The lowest BCUT2D eigenvalue weighted by Gasteiger charge is -2.46. The van der Waals surface area contributed by atoms with E-state index in [0.717, 1.165) is 34.1 Å². The summed E-state index contributed by atoms with van der Waals surface area (Å²) in [5, 5.41) is 0. The maximum absolute atomic E-state index is 2.73. The molecule has 140 heavy (non-hydrogen) atoms. The van der Waals surface area contributed by atoms with Crippen LogP contribution in [-0.4, -0.2) is 20.1 Å². The van der Waals surface area contributed by atoms with Gasteiger partial charge in [-0.05, 0) is 355 Å². The molecule has 9 heteroatoms. The van der Waals surface area contributed by atoms with Crippen molar-refractivity contribution < 1.29 is 0 Å². The lowest BCUT2D eigenvalue weighted by atomic mass is 9.32. The number of aryl methyl sites for hydroxylation is 3. The van der Waals surface area contributed by atoms with Crippen LogP contribution in [0.5, 0.6) is 0 Å². The van der Waals surface area contributed by atoms with Crippen molar-refractivity contribution in [2.75, 3.05) is 29.4 Å². The fourth-order valence-corrected chi connectivity index (χ4v) is 23.6. The molecule has 0 saturated heterocycles. The highest BCUT2D eigenvalue weighted by atomic mass is 15.2. The van der Waals surface area contributed by atoms with Gasteiger partial charge in [0.2, 0.25) is 0 Å². The van der Waals surface area contributed by atoms with Gasteiger partial charge in [-0.2, -0.15) is 0 Å². The standard InChI is InChI=1S/C131H141B3N6/c1-80-68-113-119-116(71-80)138(98-56-38-86(39-57-98)125(13,14)15)110-65-47-92(77-104(110)132(119)101-74-89(128(22,23)24)44-62-107(101)135(113)95-50-32-83(33-51-95)122(4,5)6)131(31,93-48-66-111-105(78-93)133-102-75-90(129(25,26)27)45-63-108(102)136(96-52-34-84(35-53-96)123(7,8)9)114-69-81(2)72-117(120(114)133)139(111)99-58-40-87(41-59-99)126(16,17)18)94-49-67-112-106(79-94)134-103-76-91(130(28,29)30)46-64-109(103)137(97-54-36-85(37-55-97)124(10,11)12)115-70-82(3)73-118(121(115)134)140(112)100-60-42-88(43-61-100)127(19,20)21/h32-79H,1-31H3. The molecule has 0 atom stereocenters. The first kappa shape index (κ1) is 93.6. The first-order valence-corrected chi connectivity index (χ1v) is 51.4. The van der Waals surface area contributed by atoms with E-state index in [2.05, 4.69) is 535 Å². The Morgan fingerprint density at radius 1 is 0.143 bits per heavy atom. The fourth-order valence-electron chi connectivity index (χ4n) is 23.6. The van der Waals surface area contributed by atoms with E-state index < -0.39 is 5.41 Å². The van der Waals surface area contributed by atoms with E-state index in [1.54, 1.807) is 0 Å². The molecule has 0 unspecified atom stereocenters.